The molecule has 0 saturated heterocycles. The van der Waals surface area contributed by atoms with Crippen LogP contribution in [0, 0.1) is 5.92 Å². The van der Waals surface area contributed by atoms with E-state index in [0.717, 1.165) is 11.3 Å². The van der Waals surface area contributed by atoms with Gasteiger partial charge in [0.25, 0.3) is 0 Å². The van der Waals surface area contributed by atoms with E-state index in [1.807, 2.05) is 31.2 Å². The molecule has 0 saturated carbocycles. The molecule has 0 unspecified atom stereocenters. The highest BCUT2D eigenvalue weighted by Crippen LogP contribution is 2.18. The van der Waals surface area contributed by atoms with E-state index < -0.39 is 12.6 Å². The largest absolute Gasteiger partial charge is 0.493 e. The summed E-state index contributed by atoms with van der Waals surface area (Å²) in [6, 6.07) is 7.56. The van der Waals surface area contributed by atoms with Crippen molar-refractivity contribution in [3.63, 3.8) is 0 Å². The summed E-state index contributed by atoms with van der Waals surface area (Å²) >= 11 is 0. The van der Waals surface area contributed by atoms with E-state index in [0.29, 0.717) is 31.6 Å². The summed E-state index contributed by atoms with van der Waals surface area (Å²) in [6.45, 7) is 7.38. The summed E-state index contributed by atoms with van der Waals surface area (Å²) in [5.74, 6) is 1.58. The zero-order valence-corrected chi connectivity index (χ0v) is 14.4. The van der Waals surface area contributed by atoms with Crippen LogP contribution in [0.2, 0.25) is 0 Å². The normalized spacial score (nSPS) is 12.4. The molecule has 2 N–H and O–H groups in total. The van der Waals surface area contributed by atoms with Gasteiger partial charge in [0.05, 0.1) is 19.6 Å². The Morgan fingerprint density at radius 2 is 2.00 bits per heavy atom. The molecular formula is C17H26F3N3O. The van der Waals surface area contributed by atoms with Gasteiger partial charge in [-0.05, 0) is 30.5 Å². The van der Waals surface area contributed by atoms with Gasteiger partial charge in [0.1, 0.15) is 5.75 Å². The molecule has 1 rings (SSSR count). The molecule has 4 nitrogen and oxygen atoms in total. The first kappa shape index (κ1) is 20.1. The lowest BCUT2D eigenvalue weighted by Crippen LogP contribution is -2.38. The van der Waals surface area contributed by atoms with Gasteiger partial charge in [0.2, 0.25) is 0 Å². The van der Waals surface area contributed by atoms with Crippen LogP contribution in [0.3, 0.4) is 0 Å². The summed E-state index contributed by atoms with van der Waals surface area (Å²) in [7, 11) is 0. The lowest BCUT2D eigenvalue weighted by Gasteiger charge is -2.13. The molecular weight excluding hydrogens is 319 g/mol. The zero-order valence-electron chi connectivity index (χ0n) is 14.4. The van der Waals surface area contributed by atoms with Crippen LogP contribution in [-0.4, -0.2) is 31.8 Å². The van der Waals surface area contributed by atoms with Gasteiger partial charge in [0.15, 0.2) is 5.96 Å². The van der Waals surface area contributed by atoms with E-state index in [9.17, 15) is 13.2 Å². The van der Waals surface area contributed by atoms with E-state index in [1.54, 1.807) is 0 Å². The second-order valence-electron chi connectivity index (χ2n) is 5.84. The Bertz CT molecular complexity index is 516. The summed E-state index contributed by atoms with van der Waals surface area (Å²) in [6.07, 6.45) is -5.07. The summed E-state index contributed by atoms with van der Waals surface area (Å²) in [5.41, 5.74) is 0.935. The third-order valence-electron chi connectivity index (χ3n) is 2.95. The summed E-state index contributed by atoms with van der Waals surface area (Å²) in [5, 5.41) is 5.62. The van der Waals surface area contributed by atoms with Gasteiger partial charge in [-0.2, -0.15) is 13.2 Å². The van der Waals surface area contributed by atoms with Crippen molar-refractivity contribution in [2.24, 2.45) is 10.9 Å². The quantitative estimate of drug-likeness (QED) is 0.557. The van der Waals surface area contributed by atoms with Crippen molar-refractivity contribution in [2.75, 3.05) is 19.7 Å². The number of halogens is 3. The van der Waals surface area contributed by atoms with Crippen molar-refractivity contribution in [3.05, 3.63) is 29.8 Å². The molecule has 0 aliphatic carbocycles. The lowest BCUT2D eigenvalue weighted by molar-refractivity contribution is -0.132. The van der Waals surface area contributed by atoms with E-state index in [4.69, 9.17) is 4.74 Å². The van der Waals surface area contributed by atoms with Crippen LogP contribution >= 0.6 is 0 Å². The molecule has 0 aliphatic heterocycles. The highest BCUT2D eigenvalue weighted by atomic mass is 19.4. The van der Waals surface area contributed by atoms with Crippen molar-refractivity contribution < 1.29 is 17.9 Å². The molecule has 136 valence electrons. The van der Waals surface area contributed by atoms with Crippen molar-refractivity contribution in [1.82, 2.24) is 10.6 Å². The molecule has 0 aromatic heterocycles. The maximum absolute atomic E-state index is 12.2. The van der Waals surface area contributed by atoms with Gasteiger partial charge >= 0.3 is 6.18 Å². The Morgan fingerprint density at radius 3 is 2.62 bits per heavy atom. The molecule has 7 heteroatoms. The number of rotatable bonds is 8. The fourth-order valence-corrected chi connectivity index (χ4v) is 1.83. The third-order valence-corrected chi connectivity index (χ3v) is 2.95. The molecule has 24 heavy (non-hydrogen) atoms. The Balaban J connectivity index is 2.60. The molecule has 0 bridgehead atoms. The number of nitrogens with zero attached hydrogens (tertiary/aromatic N) is 1. The minimum Gasteiger partial charge on any atom is -0.493 e. The molecule has 0 amide bonds. The second-order valence-corrected chi connectivity index (χ2v) is 5.84. The number of hydrogen-bond acceptors (Lipinski definition) is 2. The summed E-state index contributed by atoms with van der Waals surface area (Å²) < 4.78 is 42.3. The fraction of sp³-hybridized carbons (Fsp3) is 0.588. The Labute approximate surface area is 141 Å². The maximum atomic E-state index is 12.2. The van der Waals surface area contributed by atoms with Crippen molar-refractivity contribution in [1.29, 1.82) is 0 Å². The van der Waals surface area contributed by atoms with Crippen LogP contribution in [-0.2, 0) is 6.54 Å². The Morgan fingerprint density at radius 1 is 1.25 bits per heavy atom. The van der Waals surface area contributed by atoms with Crippen molar-refractivity contribution in [2.45, 2.75) is 39.9 Å². The Hall–Kier alpha value is -1.92. The van der Waals surface area contributed by atoms with Gasteiger partial charge in [-0.15, -0.1) is 0 Å². The van der Waals surface area contributed by atoms with Crippen LogP contribution in [0.4, 0.5) is 13.2 Å². The van der Waals surface area contributed by atoms with Crippen LogP contribution in [0.25, 0.3) is 0 Å². The number of benzene rings is 1. The van der Waals surface area contributed by atoms with Crippen LogP contribution in [0.1, 0.15) is 32.8 Å². The predicted octanol–water partition coefficient (Wildman–Crippen LogP) is 3.73. The van der Waals surface area contributed by atoms with E-state index in [-0.39, 0.29) is 6.54 Å². The summed E-state index contributed by atoms with van der Waals surface area (Å²) in [4.78, 5) is 4.31. The molecule has 0 spiro atoms. The van der Waals surface area contributed by atoms with Crippen LogP contribution in [0.15, 0.2) is 29.3 Å². The minimum atomic E-state index is -4.17. The molecule has 0 aliphatic rings. The topological polar surface area (TPSA) is 45.7 Å². The Kier molecular flexibility index (Phi) is 8.43. The zero-order chi connectivity index (χ0) is 18.0. The molecule has 0 fully saturated rings. The predicted molar refractivity (Wildman–Crippen MR) is 90.3 cm³/mol. The number of guanidine groups is 1. The van der Waals surface area contributed by atoms with E-state index >= 15 is 0 Å². The highest BCUT2D eigenvalue weighted by molar-refractivity contribution is 5.79. The van der Waals surface area contributed by atoms with E-state index in [1.165, 1.54) is 0 Å². The monoisotopic (exact) mass is 345 g/mol. The number of hydrogen-bond donors (Lipinski definition) is 2. The highest BCUT2D eigenvalue weighted by Gasteiger charge is 2.26. The molecule has 0 atom stereocenters. The van der Waals surface area contributed by atoms with Crippen molar-refractivity contribution in [3.8, 4) is 5.75 Å². The molecule has 1 aromatic rings. The minimum absolute atomic E-state index is 0.202. The fourth-order valence-electron chi connectivity index (χ4n) is 1.83. The number of alkyl halides is 3. The van der Waals surface area contributed by atoms with E-state index in [2.05, 4.69) is 29.5 Å². The lowest BCUT2D eigenvalue weighted by atomic mass is 10.2. The van der Waals surface area contributed by atoms with Gasteiger partial charge in [-0.3, -0.25) is 0 Å². The molecule has 0 radical (unpaired) electrons. The SMILES string of the molecule is CCNC(=NCc1cccc(OCC(C)C)c1)NCCC(F)(F)F. The standard InChI is InChI=1S/C17H26F3N3O/c1-4-21-16(22-9-8-17(18,19)20)23-11-14-6-5-7-15(10-14)24-12-13(2)3/h5-7,10,13H,4,8-9,11-12H2,1-3H3,(H2,21,22,23). The van der Waals surface area contributed by atoms with Crippen LogP contribution < -0.4 is 15.4 Å². The van der Waals surface area contributed by atoms with Gasteiger partial charge in [-0.1, -0.05) is 26.0 Å². The van der Waals surface area contributed by atoms with Gasteiger partial charge in [0, 0.05) is 13.1 Å². The number of ether oxygens (including phenoxy) is 1. The molecule has 1 aromatic carbocycles. The average Bonchev–Trinajstić information content (AvgIpc) is 2.50. The smallest absolute Gasteiger partial charge is 0.390 e. The number of aliphatic imine (C=N–C) groups is 1. The first-order chi connectivity index (χ1) is 11.3. The van der Waals surface area contributed by atoms with Crippen molar-refractivity contribution >= 4 is 5.96 Å². The first-order valence-electron chi connectivity index (χ1n) is 8.11. The maximum Gasteiger partial charge on any atom is 0.390 e. The third kappa shape index (κ3) is 9.27. The number of nitrogens with one attached hydrogen (secondary N) is 2. The second kappa shape index (κ2) is 10.1. The van der Waals surface area contributed by atoms with Gasteiger partial charge < -0.3 is 15.4 Å². The van der Waals surface area contributed by atoms with Crippen LogP contribution in [0.5, 0.6) is 5.75 Å². The molecule has 0 heterocycles. The van der Waals surface area contributed by atoms with Gasteiger partial charge in [-0.25, -0.2) is 4.99 Å². The average molecular weight is 345 g/mol. The first-order valence-corrected chi connectivity index (χ1v) is 8.11.